The summed E-state index contributed by atoms with van der Waals surface area (Å²) in [6, 6.07) is 22.0. The van der Waals surface area contributed by atoms with E-state index in [-0.39, 0.29) is 16.5 Å². The number of Topliss-reactive ketones (excluding diaryl/α,β-unsaturated/α-hetero) is 1. The fourth-order valence-corrected chi connectivity index (χ4v) is 4.72. The zero-order valence-electron chi connectivity index (χ0n) is 19.4. The molecule has 1 aliphatic rings. The lowest BCUT2D eigenvalue weighted by Crippen LogP contribution is -2.29. The van der Waals surface area contributed by atoms with Crippen LogP contribution in [0, 0.1) is 6.92 Å². The zero-order valence-corrected chi connectivity index (χ0v) is 20.2. The fraction of sp³-hybridized carbons (Fsp3) is 0.111. The van der Waals surface area contributed by atoms with Crippen LogP contribution in [0.2, 0.25) is 0 Å². The molecule has 36 heavy (non-hydrogen) atoms. The first kappa shape index (κ1) is 23.3. The molecule has 1 N–H and O–H groups in total. The minimum absolute atomic E-state index is 0.0464. The number of rotatable bonds is 6. The molecule has 0 bridgehead atoms. The number of hydrogen-bond acceptors (Lipinski definition) is 8. The van der Waals surface area contributed by atoms with Crippen molar-refractivity contribution >= 4 is 33.9 Å². The van der Waals surface area contributed by atoms with E-state index in [4.69, 9.17) is 9.47 Å². The summed E-state index contributed by atoms with van der Waals surface area (Å²) >= 11 is 1.19. The van der Waals surface area contributed by atoms with E-state index in [0.29, 0.717) is 33.4 Å². The molecule has 5 rings (SSSR count). The van der Waals surface area contributed by atoms with E-state index in [1.807, 2.05) is 30.3 Å². The molecular formula is C27H21N3O5S. The number of aromatic nitrogens is 2. The first-order valence-corrected chi connectivity index (χ1v) is 11.9. The molecule has 3 aromatic carbocycles. The minimum atomic E-state index is -0.932. The Bertz CT molecular complexity index is 1460. The van der Waals surface area contributed by atoms with Gasteiger partial charge in [0.25, 0.3) is 5.78 Å². The molecule has 180 valence electrons. The Hall–Kier alpha value is -4.50. The highest BCUT2D eigenvalue weighted by molar-refractivity contribution is 7.15. The smallest absolute Gasteiger partial charge is 0.301 e. The molecule has 9 heteroatoms. The van der Waals surface area contributed by atoms with Crippen molar-refractivity contribution in [2.75, 3.05) is 12.0 Å². The van der Waals surface area contributed by atoms with Crippen LogP contribution in [0.25, 0.3) is 5.76 Å². The van der Waals surface area contributed by atoms with Crippen molar-refractivity contribution in [2.45, 2.75) is 13.0 Å². The van der Waals surface area contributed by atoms with Gasteiger partial charge in [0.15, 0.2) is 0 Å². The number of aryl methyl sites for hydroxylation is 1. The molecule has 8 nitrogen and oxygen atoms in total. The van der Waals surface area contributed by atoms with Crippen molar-refractivity contribution in [3.8, 4) is 17.2 Å². The summed E-state index contributed by atoms with van der Waals surface area (Å²) < 4.78 is 11.2. The first-order chi connectivity index (χ1) is 17.5. The van der Waals surface area contributed by atoms with Crippen molar-refractivity contribution in [3.63, 3.8) is 0 Å². The van der Waals surface area contributed by atoms with Gasteiger partial charge in [-0.25, -0.2) is 0 Å². The van der Waals surface area contributed by atoms with Gasteiger partial charge in [0.2, 0.25) is 5.13 Å². The summed E-state index contributed by atoms with van der Waals surface area (Å²) in [5.74, 6) is -0.141. The van der Waals surface area contributed by atoms with Crippen LogP contribution >= 0.6 is 11.3 Å². The first-order valence-electron chi connectivity index (χ1n) is 11.0. The normalized spacial score (nSPS) is 16.8. The van der Waals surface area contributed by atoms with E-state index in [1.54, 1.807) is 55.5 Å². The number of carbonyl (C=O) groups excluding carboxylic acids is 2. The van der Waals surface area contributed by atoms with Crippen LogP contribution < -0.4 is 14.4 Å². The molecule has 4 aromatic rings. The molecule has 0 saturated carbocycles. The van der Waals surface area contributed by atoms with Crippen LogP contribution in [-0.4, -0.2) is 34.1 Å². The molecule has 1 aromatic heterocycles. The van der Waals surface area contributed by atoms with Crippen LogP contribution in [0.4, 0.5) is 5.13 Å². The molecule has 2 heterocycles. The van der Waals surface area contributed by atoms with E-state index < -0.39 is 17.7 Å². The van der Waals surface area contributed by atoms with Crippen molar-refractivity contribution in [1.29, 1.82) is 0 Å². The van der Waals surface area contributed by atoms with Crippen LogP contribution in [0.3, 0.4) is 0 Å². The molecule has 0 unspecified atom stereocenters. The zero-order chi connectivity index (χ0) is 25.2. The van der Waals surface area contributed by atoms with Crippen LogP contribution in [-0.2, 0) is 9.59 Å². The van der Waals surface area contributed by atoms with Crippen LogP contribution in [0.5, 0.6) is 17.2 Å². The molecule has 0 radical (unpaired) electrons. The van der Waals surface area contributed by atoms with E-state index in [2.05, 4.69) is 10.2 Å². The Morgan fingerprint density at radius 2 is 1.64 bits per heavy atom. The minimum Gasteiger partial charge on any atom is -0.507 e. The predicted molar refractivity (Wildman–Crippen MR) is 135 cm³/mol. The van der Waals surface area contributed by atoms with Gasteiger partial charge in [-0.05, 0) is 61.0 Å². The molecule has 0 spiro atoms. The fourth-order valence-electron chi connectivity index (χ4n) is 4.01. The van der Waals surface area contributed by atoms with E-state index in [1.165, 1.54) is 23.3 Å². The third-order valence-electron chi connectivity index (χ3n) is 5.68. The Labute approximate surface area is 211 Å². The average molecular weight is 500 g/mol. The van der Waals surface area contributed by atoms with Gasteiger partial charge < -0.3 is 14.6 Å². The van der Waals surface area contributed by atoms with Gasteiger partial charge in [-0.3, -0.25) is 14.5 Å². The summed E-state index contributed by atoms with van der Waals surface area (Å²) in [6.45, 7) is 1.76. The molecule has 1 amide bonds. The number of aliphatic hydroxyl groups is 1. The highest BCUT2D eigenvalue weighted by Gasteiger charge is 2.48. The number of para-hydroxylation sites is 1. The number of amides is 1. The Morgan fingerprint density at radius 1 is 0.917 bits per heavy atom. The summed E-state index contributed by atoms with van der Waals surface area (Å²) in [4.78, 5) is 27.8. The van der Waals surface area contributed by atoms with Gasteiger partial charge >= 0.3 is 5.91 Å². The molecular weight excluding hydrogens is 478 g/mol. The largest absolute Gasteiger partial charge is 0.507 e. The second kappa shape index (κ2) is 9.63. The highest BCUT2D eigenvalue weighted by Crippen LogP contribution is 2.43. The Morgan fingerprint density at radius 3 is 2.31 bits per heavy atom. The number of ether oxygens (including phenoxy) is 2. The van der Waals surface area contributed by atoms with Crippen molar-refractivity contribution < 1.29 is 24.2 Å². The SMILES string of the molecule is COc1ccc(C(O)=C2C(=O)C(=O)N(c3nnc(C)s3)[C@H]2c2cccc(Oc3ccccc3)c2)cc1. The van der Waals surface area contributed by atoms with Crippen molar-refractivity contribution in [1.82, 2.24) is 10.2 Å². The maximum Gasteiger partial charge on any atom is 0.301 e. The quantitative estimate of drug-likeness (QED) is 0.219. The van der Waals surface area contributed by atoms with E-state index in [9.17, 15) is 14.7 Å². The van der Waals surface area contributed by atoms with Gasteiger partial charge in [-0.1, -0.05) is 41.7 Å². The van der Waals surface area contributed by atoms with Crippen molar-refractivity contribution in [3.05, 3.63) is 101 Å². The van der Waals surface area contributed by atoms with Crippen LogP contribution in [0.1, 0.15) is 22.2 Å². The number of nitrogens with zero attached hydrogens (tertiary/aromatic N) is 3. The number of hydrogen-bond donors (Lipinski definition) is 1. The summed E-state index contributed by atoms with van der Waals surface area (Å²) in [5.41, 5.74) is 0.907. The monoisotopic (exact) mass is 499 g/mol. The lowest BCUT2D eigenvalue weighted by Gasteiger charge is -2.23. The number of benzene rings is 3. The predicted octanol–water partition coefficient (Wildman–Crippen LogP) is 5.27. The summed E-state index contributed by atoms with van der Waals surface area (Å²) in [7, 11) is 1.54. The maximum absolute atomic E-state index is 13.3. The Kier molecular flexibility index (Phi) is 6.22. The number of anilines is 1. The number of carbonyl (C=O) groups is 2. The topological polar surface area (TPSA) is 102 Å². The molecule has 1 saturated heterocycles. The third-order valence-corrected chi connectivity index (χ3v) is 6.52. The van der Waals surface area contributed by atoms with Gasteiger partial charge in [-0.2, -0.15) is 0 Å². The molecule has 1 atom stereocenters. The summed E-state index contributed by atoms with van der Waals surface area (Å²) in [6.07, 6.45) is 0. The maximum atomic E-state index is 13.3. The van der Waals surface area contributed by atoms with Crippen molar-refractivity contribution in [2.24, 2.45) is 0 Å². The van der Waals surface area contributed by atoms with Gasteiger partial charge in [0.1, 0.15) is 28.0 Å². The van der Waals surface area contributed by atoms with E-state index in [0.717, 1.165) is 0 Å². The second-order valence-corrected chi connectivity index (χ2v) is 9.15. The van der Waals surface area contributed by atoms with Crippen LogP contribution in [0.15, 0.2) is 84.4 Å². The standard InChI is InChI=1S/C27H21N3O5S/c1-16-28-29-27(36-16)30-23(18-7-6-10-21(15-18)35-20-8-4-3-5-9-20)22(25(32)26(30)33)24(31)17-11-13-19(34-2)14-12-17/h3-15,23,31H,1-2H3/t23-/m0/s1. The second-order valence-electron chi connectivity index (χ2n) is 7.99. The van der Waals surface area contributed by atoms with Gasteiger partial charge in [-0.15, -0.1) is 10.2 Å². The number of methoxy groups -OCH3 is 1. The number of aliphatic hydroxyl groups excluding tert-OH is 1. The molecule has 0 aliphatic carbocycles. The lowest BCUT2D eigenvalue weighted by molar-refractivity contribution is -0.132. The van der Waals surface area contributed by atoms with Gasteiger partial charge in [0.05, 0.1) is 18.7 Å². The highest BCUT2D eigenvalue weighted by atomic mass is 32.1. The average Bonchev–Trinajstić information content (AvgIpc) is 3.44. The van der Waals surface area contributed by atoms with Gasteiger partial charge in [0, 0.05) is 5.56 Å². The lowest BCUT2D eigenvalue weighted by atomic mass is 9.95. The summed E-state index contributed by atoms with van der Waals surface area (Å²) in [5, 5.41) is 20.3. The molecule has 1 aliphatic heterocycles. The molecule has 1 fully saturated rings. The third kappa shape index (κ3) is 4.32. The Balaban J connectivity index is 1.64. The van der Waals surface area contributed by atoms with E-state index >= 15 is 0 Å². The number of ketones is 1.